The first-order chi connectivity index (χ1) is 2.91. The van der Waals surface area contributed by atoms with Crippen LogP contribution in [0.2, 0.25) is 0 Å². The molecule has 0 saturated carbocycles. The molecule has 0 aliphatic rings. The Morgan fingerprint density at radius 2 is 2.17 bits per heavy atom. The normalized spacial score (nSPS) is 10.3. The molecule has 0 unspecified atom stereocenters. The summed E-state index contributed by atoms with van der Waals surface area (Å²) in [7, 11) is 1.69. The summed E-state index contributed by atoms with van der Waals surface area (Å²) in [5.41, 5.74) is 0. The summed E-state index contributed by atoms with van der Waals surface area (Å²) in [6.45, 7) is 2.95. The maximum atomic E-state index is 3.72. The third kappa shape index (κ3) is 3.60. The highest BCUT2D eigenvalue weighted by Crippen LogP contribution is 1.75. The van der Waals surface area contributed by atoms with Crippen molar-refractivity contribution < 1.29 is 0 Å². The standard InChI is InChI=1S/C4H10N2/c1-3-4-6-5-2/h3-4H2,1-2H3. The van der Waals surface area contributed by atoms with Gasteiger partial charge in [0.05, 0.1) is 6.54 Å². The van der Waals surface area contributed by atoms with Crippen molar-refractivity contribution in [2.45, 2.75) is 13.3 Å². The van der Waals surface area contributed by atoms with Crippen molar-refractivity contribution in [1.82, 2.24) is 0 Å². The van der Waals surface area contributed by atoms with Gasteiger partial charge in [0.2, 0.25) is 0 Å². The van der Waals surface area contributed by atoms with Crippen LogP contribution in [-0.4, -0.2) is 13.6 Å². The van der Waals surface area contributed by atoms with Crippen molar-refractivity contribution in [1.29, 1.82) is 0 Å². The molecule has 0 spiro atoms. The van der Waals surface area contributed by atoms with E-state index in [9.17, 15) is 0 Å². The van der Waals surface area contributed by atoms with Crippen LogP contribution >= 0.6 is 0 Å². The molecule has 0 amide bonds. The van der Waals surface area contributed by atoms with Crippen molar-refractivity contribution in [2.24, 2.45) is 10.2 Å². The fourth-order valence-electron chi connectivity index (χ4n) is 0.200. The van der Waals surface area contributed by atoms with Gasteiger partial charge in [-0.25, -0.2) is 0 Å². The predicted molar refractivity (Wildman–Crippen MR) is 25.9 cm³/mol. The second-order valence-corrected chi connectivity index (χ2v) is 1.07. The smallest absolute Gasteiger partial charge is 0.0596 e. The molecule has 0 fully saturated rings. The summed E-state index contributed by atoms with van der Waals surface area (Å²) in [5.74, 6) is 0. The second kappa shape index (κ2) is 4.60. The third-order valence-electron chi connectivity index (χ3n) is 0.465. The van der Waals surface area contributed by atoms with E-state index in [0.717, 1.165) is 13.0 Å². The van der Waals surface area contributed by atoms with Gasteiger partial charge in [0.1, 0.15) is 0 Å². The molecule has 0 N–H and O–H groups in total. The molecule has 0 saturated heterocycles. The van der Waals surface area contributed by atoms with Crippen molar-refractivity contribution >= 4 is 0 Å². The minimum absolute atomic E-state index is 0.872. The molecule has 0 aromatic heterocycles. The zero-order chi connectivity index (χ0) is 4.83. The van der Waals surface area contributed by atoms with Gasteiger partial charge in [0.25, 0.3) is 0 Å². The first-order valence-corrected chi connectivity index (χ1v) is 2.17. The summed E-state index contributed by atoms with van der Waals surface area (Å²) in [4.78, 5) is 0. The lowest BCUT2D eigenvalue weighted by Gasteiger charge is -1.76. The topological polar surface area (TPSA) is 24.7 Å². The maximum absolute atomic E-state index is 3.72. The molecule has 0 rings (SSSR count). The van der Waals surface area contributed by atoms with E-state index in [1.165, 1.54) is 0 Å². The number of hydrogen-bond donors (Lipinski definition) is 0. The van der Waals surface area contributed by atoms with Gasteiger partial charge in [0, 0.05) is 7.05 Å². The first kappa shape index (κ1) is 5.60. The average molecular weight is 86.1 g/mol. The Morgan fingerprint density at radius 3 is 2.33 bits per heavy atom. The number of rotatable bonds is 2. The Morgan fingerprint density at radius 1 is 1.50 bits per heavy atom. The van der Waals surface area contributed by atoms with Crippen LogP contribution in [0.4, 0.5) is 0 Å². The molecule has 0 aromatic carbocycles. The van der Waals surface area contributed by atoms with Gasteiger partial charge in [0.15, 0.2) is 0 Å². The van der Waals surface area contributed by atoms with Gasteiger partial charge >= 0.3 is 0 Å². The van der Waals surface area contributed by atoms with Gasteiger partial charge in [-0.3, -0.25) is 0 Å². The molecule has 36 valence electrons. The summed E-state index contributed by atoms with van der Waals surface area (Å²) in [6.07, 6.45) is 1.09. The molecule has 6 heavy (non-hydrogen) atoms. The first-order valence-electron chi connectivity index (χ1n) is 2.17. The van der Waals surface area contributed by atoms with Crippen molar-refractivity contribution in [2.75, 3.05) is 13.6 Å². The van der Waals surface area contributed by atoms with Crippen LogP contribution in [-0.2, 0) is 0 Å². The predicted octanol–water partition coefficient (Wildman–Crippen LogP) is 1.48. The third-order valence-corrected chi connectivity index (χ3v) is 0.465. The molecule has 2 heteroatoms. The summed E-state index contributed by atoms with van der Waals surface area (Å²) in [6, 6.07) is 0. The average Bonchev–Trinajstić information content (AvgIpc) is 1.61. The van der Waals surface area contributed by atoms with E-state index in [4.69, 9.17) is 0 Å². The maximum Gasteiger partial charge on any atom is 0.0596 e. The summed E-state index contributed by atoms with van der Waals surface area (Å²) >= 11 is 0. The zero-order valence-electron chi connectivity index (χ0n) is 4.31. The van der Waals surface area contributed by atoms with Gasteiger partial charge in [-0.2, -0.15) is 10.2 Å². The van der Waals surface area contributed by atoms with Crippen LogP contribution in [0.1, 0.15) is 13.3 Å². The molecular formula is C4H10N2. The highest BCUT2D eigenvalue weighted by Gasteiger charge is 1.66. The van der Waals surface area contributed by atoms with E-state index in [0.29, 0.717) is 0 Å². The van der Waals surface area contributed by atoms with E-state index < -0.39 is 0 Å². The van der Waals surface area contributed by atoms with Crippen LogP contribution in [0.5, 0.6) is 0 Å². The van der Waals surface area contributed by atoms with Gasteiger partial charge in [-0.15, -0.1) is 0 Å². The minimum Gasteiger partial charge on any atom is -0.198 e. The molecule has 0 aromatic rings. The van der Waals surface area contributed by atoms with Crippen LogP contribution in [0, 0.1) is 0 Å². The monoisotopic (exact) mass is 86.1 g/mol. The van der Waals surface area contributed by atoms with Crippen molar-refractivity contribution in [3.05, 3.63) is 0 Å². The van der Waals surface area contributed by atoms with Gasteiger partial charge in [-0.05, 0) is 6.42 Å². The fraction of sp³-hybridized carbons (Fsp3) is 1.00. The van der Waals surface area contributed by atoms with Crippen LogP contribution < -0.4 is 0 Å². The van der Waals surface area contributed by atoms with E-state index in [1.54, 1.807) is 7.05 Å². The Labute approximate surface area is 38.3 Å². The quantitative estimate of drug-likeness (QED) is 0.455. The molecule has 0 aliphatic carbocycles. The molecule has 0 atom stereocenters. The zero-order valence-corrected chi connectivity index (χ0v) is 4.31. The van der Waals surface area contributed by atoms with Gasteiger partial charge in [-0.1, -0.05) is 6.92 Å². The van der Waals surface area contributed by atoms with Crippen LogP contribution in [0.15, 0.2) is 10.2 Å². The molecule has 0 heterocycles. The SMILES string of the molecule is CCCN=NC. The number of hydrogen-bond acceptors (Lipinski definition) is 2. The van der Waals surface area contributed by atoms with Gasteiger partial charge < -0.3 is 0 Å². The Hall–Kier alpha value is -0.400. The van der Waals surface area contributed by atoms with Crippen LogP contribution in [0.25, 0.3) is 0 Å². The highest BCUT2D eigenvalue weighted by molar-refractivity contribution is 4.28. The number of nitrogens with zero attached hydrogens (tertiary/aromatic N) is 2. The minimum atomic E-state index is 0.872. The lowest BCUT2D eigenvalue weighted by atomic mass is 10.5. The van der Waals surface area contributed by atoms with E-state index in [-0.39, 0.29) is 0 Å². The largest absolute Gasteiger partial charge is 0.198 e. The molecular weight excluding hydrogens is 76.1 g/mol. The lowest BCUT2D eigenvalue weighted by Crippen LogP contribution is -1.68. The summed E-state index contributed by atoms with van der Waals surface area (Å²) in [5, 5.41) is 7.27. The lowest BCUT2D eigenvalue weighted by molar-refractivity contribution is 0.863. The molecule has 0 aliphatic heterocycles. The molecule has 0 radical (unpaired) electrons. The van der Waals surface area contributed by atoms with Crippen molar-refractivity contribution in [3.8, 4) is 0 Å². The fourth-order valence-corrected chi connectivity index (χ4v) is 0.200. The van der Waals surface area contributed by atoms with E-state index in [1.807, 2.05) is 0 Å². The second-order valence-electron chi connectivity index (χ2n) is 1.07. The highest BCUT2D eigenvalue weighted by atomic mass is 15.1. The van der Waals surface area contributed by atoms with E-state index >= 15 is 0 Å². The summed E-state index contributed by atoms with van der Waals surface area (Å²) < 4.78 is 0. The van der Waals surface area contributed by atoms with Crippen LogP contribution in [0.3, 0.4) is 0 Å². The molecule has 2 nitrogen and oxygen atoms in total. The Bertz CT molecular complexity index is 40.8. The molecule has 0 bridgehead atoms. The number of azo groups is 1. The Balaban J connectivity index is 2.66. The van der Waals surface area contributed by atoms with E-state index in [2.05, 4.69) is 17.2 Å². The Kier molecular flexibility index (Phi) is 4.29. The van der Waals surface area contributed by atoms with Crippen molar-refractivity contribution in [3.63, 3.8) is 0 Å².